The Balaban J connectivity index is 1.83. The molecule has 1 aliphatic rings. The van der Waals surface area contributed by atoms with Crippen LogP contribution in [0.4, 0.5) is 4.39 Å². The molecule has 0 saturated carbocycles. The van der Waals surface area contributed by atoms with Gasteiger partial charge in [-0.15, -0.1) is 0 Å². The Bertz CT molecular complexity index is 639. The summed E-state index contributed by atoms with van der Waals surface area (Å²) >= 11 is 0. The molecule has 0 spiro atoms. The first-order valence-corrected chi connectivity index (χ1v) is 7.48. The van der Waals surface area contributed by atoms with Gasteiger partial charge in [-0.3, -0.25) is 0 Å². The largest absolute Gasteiger partial charge is 0.457 e. The maximum absolute atomic E-state index is 13.6. The summed E-state index contributed by atoms with van der Waals surface area (Å²) in [6.45, 7) is 0.623. The summed E-state index contributed by atoms with van der Waals surface area (Å²) in [5, 5.41) is 3.02. The Morgan fingerprint density at radius 1 is 1.00 bits per heavy atom. The number of nitrogens with one attached hydrogen (secondary N) is 1. The van der Waals surface area contributed by atoms with Crippen LogP contribution in [0.2, 0.25) is 0 Å². The molecule has 2 nitrogen and oxygen atoms in total. The molecule has 21 heavy (non-hydrogen) atoms. The minimum atomic E-state index is -0.268. The number of fused-ring (bicyclic) bond motifs is 1. The van der Waals surface area contributed by atoms with Crippen molar-refractivity contribution in [2.45, 2.75) is 32.2 Å². The zero-order valence-corrected chi connectivity index (χ0v) is 12.3. The maximum atomic E-state index is 13.6. The van der Waals surface area contributed by atoms with Crippen molar-refractivity contribution in [3.8, 4) is 11.5 Å². The van der Waals surface area contributed by atoms with Crippen LogP contribution in [0.5, 0.6) is 11.5 Å². The summed E-state index contributed by atoms with van der Waals surface area (Å²) in [6, 6.07) is 11.0. The van der Waals surface area contributed by atoms with Gasteiger partial charge in [0, 0.05) is 12.6 Å². The molecule has 1 N–H and O–H groups in total. The third kappa shape index (κ3) is 3.42. The molecule has 0 aromatic heterocycles. The first-order chi connectivity index (χ1) is 10.2. The number of hydrogen-bond acceptors (Lipinski definition) is 2. The second-order valence-electron chi connectivity index (χ2n) is 5.57. The van der Waals surface area contributed by atoms with Gasteiger partial charge in [0.05, 0.1) is 0 Å². The van der Waals surface area contributed by atoms with Crippen molar-refractivity contribution in [3.63, 3.8) is 0 Å². The van der Waals surface area contributed by atoms with E-state index in [2.05, 4.69) is 17.4 Å². The van der Waals surface area contributed by atoms with E-state index in [0.717, 1.165) is 24.2 Å². The third-order valence-corrected chi connectivity index (χ3v) is 3.87. The van der Waals surface area contributed by atoms with Gasteiger partial charge in [0.25, 0.3) is 0 Å². The molecule has 0 unspecified atom stereocenters. The first-order valence-electron chi connectivity index (χ1n) is 7.48. The molecule has 0 amide bonds. The lowest BCUT2D eigenvalue weighted by molar-refractivity contribution is 0.473. The Morgan fingerprint density at radius 3 is 2.62 bits per heavy atom. The van der Waals surface area contributed by atoms with Crippen molar-refractivity contribution in [1.82, 2.24) is 5.32 Å². The second kappa shape index (κ2) is 6.27. The molecule has 110 valence electrons. The predicted molar refractivity (Wildman–Crippen MR) is 82.3 cm³/mol. The minimum absolute atomic E-state index is 0.268. The number of hydrogen-bond donors (Lipinski definition) is 1. The molecule has 0 fully saturated rings. The highest BCUT2D eigenvalue weighted by Gasteiger charge is 2.10. The number of halogens is 1. The van der Waals surface area contributed by atoms with E-state index in [1.807, 2.05) is 19.2 Å². The van der Waals surface area contributed by atoms with Gasteiger partial charge in [0.2, 0.25) is 0 Å². The molecule has 2 aromatic carbocycles. The van der Waals surface area contributed by atoms with Crippen molar-refractivity contribution in [1.29, 1.82) is 0 Å². The van der Waals surface area contributed by atoms with Gasteiger partial charge < -0.3 is 10.1 Å². The SMILES string of the molecule is CNCc1cc(F)cc(Oc2ccc3c(c2)CCCC3)c1. The lowest BCUT2D eigenvalue weighted by Gasteiger charge is -2.17. The number of rotatable bonds is 4. The fraction of sp³-hybridized carbons (Fsp3) is 0.333. The Labute approximate surface area is 125 Å². The highest BCUT2D eigenvalue weighted by Crippen LogP contribution is 2.29. The van der Waals surface area contributed by atoms with Crippen LogP contribution in [0, 0.1) is 5.82 Å². The molecule has 0 heterocycles. The van der Waals surface area contributed by atoms with Crippen molar-refractivity contribution >= 4 is 0 Å². The van der Waals surface area contributed by atoms with E-state index in [-0.39, 0.29) is 5.82 Å². The third-order valence-electron chi connectivity index (χ3n) is 3.87. The summed E-state index contributed by atoms with van der Waals surface area (Å²) < 4.78 is 19.5. The zero-order valence-electron chi connectivity index (χ0n) is 12.3. The van der Waals surface area contributed by atoms with Gasteiger partial charge in [0.1, 0.15) is 17.3 Å². The van der Waals surface area contributed by atoms with Crippen molar-refractivity contribution < 1.29 is 9.13 Å². The average molecular weight is 285 g/mol. The van der Waals surface area contributed by atoms with Crippen LogP contribution in [0.3, 0.4) is 0 Å². The standard InChI is InChI=1S/C18H20FNO/c1-20-12-13-8-16(19)11-18(9-13)21-17-7-6-14-4-2-3-5-15(14)10-17/h6-11,20H,2-5,12H2,1H3. The molecular formula is C18H20FNO. The lowest BCUT2D eigenvalue weighted by Crippen LogP contribution is -2.05. The number of ether oxygens (including phenoxy) is 1. The molecule has 0 atom stereocenters. The van der Waals surface area contributed by atoms with Crippen molar-refractivity contribution in [2.24, 2.45) is 0 Å². The van der Waals surface area contributed by atoms with Crippen LogP contribution >= 0.6 is 0 Å². The summed E-state index contributed by atoms with van der Waals surface area (Å²) in [5.41, 5.74) is 3.67. The monoisotopic (exact) mass is 285 g/mol. The fourth-order valence-corrected chi connectivity index (χ4v) is 2.90. The number of benzene rings is 2. The van der Waals surface area contributed by atoms with Crippen molar-refractivity contribution in [2.75, 3.05) is 7.05 Å². The molecular weight excluding hydrogens is 265 g/mol. The Morgan fingerprint density at radius 2 is 1.81 bits per heavy atom. The van der Waals surface area contributed by atoms with E-state index < -0.39 is 0 Å². The predicted octanol–water partition coefficient (Wildman–Crippen LogP) is 4.22. The van der Waals surface area contributed by atoms with Gasteiger partial charge >= 0.3 is 0 Å². The molecule has 0 radical (unpaired) electrons. The van der Waals surface area contributed by atoms with Gasteiger partial charge in [0.15, 0.2) is 0 Å². The Hall–Kier alpha value is -1.87. The van der Waals surface area contributed by atoms with E-state index in [1.54, 1.807) is 0 Å². The van der Waals surface area contributed by atoms with Gasteiger partial charge in [-0.05, 0) is 73.7 Å². The summed E-state index contributed by atoms with van der Waals surface area (Å²) in [7, 11) is 1.84. The van der Waals surface area contributed by atoms with Gasteiger partial charge in [-0.25, -0.2) is 4.39 Å². The molecule has 0 saturated heterocycles. The highest BCUT2D eigenvalue weighted by molar-refractivity contribution is 5.40. The Kier molecular flexibility index (Phi) is 4.20. The topological polar surface area (TPSA) is 21.3 Å². The molecule has 3 rings (SSSR count). The highest BCUT2D eigenvalue weighted by atomic mass is 19.1. The second-order valence-corrected chi connectivity index (χ2v) is 5.57. The smallest absolute Gasteiger partial charge is 0.130 e. The van der Waals surface area contributed by atoms with Crippen LogP contribution in [-0.4, -0.2) is 7.05 Å². The fourth-order valence-electron chi connectivity index (χ4n) is 2.90. The van der Waals surface area contributed by atoms with Gasteiger partial charge in [-0.2, -0.15) is 0 Å². The van der Waals surface area contributed by atoms with Crippen LogP contribution in [0.1, 0.15) is 29.5 Å². The summed E-state index contributed by atoms with van der Waals surface area (Å²) in [4.78, 5) is 0. The van der Waals surface area contributed by atoms with Crippen LogP contribution in [0.15, 0.2) is 36.4 Å². The number of aryl methyl sites for hydroxylation is 2. The van der Waals surface area contributed by atoms with Crippen molar-refractivity contribution in [3.05, 3.63) is 58.9 Å². The molecule has 1 aliphatic carbocycles. The van der Waals surface area contributed by atoms with Crippen LogP contribution in [0.25, 0.3) is 0 Å². The normalized spacial score (nSPS) is 13.8. The van der Waals surface area contributed by atoms with E-state index in [0.29, 0.717) is 12.3 Å². The quantitative estimate of drug-likeness (QED) is 0.908. The molecule has 3 heteroatoms. The zero-order chi connectivity index (χ0) is 14.7. The summed E-state index contributed by atoms with van der Waals surface area (Å²) in [5.74, 6) is 1.07. The minimum Gasteiger partial charge on any atom is -0.457 e. The van der Waals surface area contributed by atoms with Crippen LogP contribution in [-0.2, 0) is 19.4 Å². The molecule has 0 bridgehead atoms. The maximum Gasteiger partial charge on any atom is 0.130 e. The van der Waals surface area contributed by atoms with Crippen LogP contribution < -0.4 is 10.1 Å². The van der Waals surface area contributed by atoms with E-state index in [4.69, 9.17) is 4.74 Å². The summed E-state index contributed by atoms with van der Waals surface area (Å²) in [6.07, 6.45) is 4.77. The average Bonchev–Trinajstić information content (AvgIpc) is 2.47. The first kappa shape index (κ1) is 14.1. The van der Waals surface area contributed by atoms with E-state index in [1.165, 1.54) is 36.1 Å². The molecule has 2 aromatic rings. The van der Waals surface area contributed by atoms with E-state index >= 15 is 0 Å². The van der Waals surface area contributed by atoms with Gasteiger partial charge in [-0.1, -0.05) is 6.07 Å². The molecule has 0 aliphatic heterocycles. The lowest BCUT2D eigenvalue weighted by atomic mass is 9.92. The van der Waals surface area contributed by atoms with E-state index in [9.17, 15) is 4.39 Å².